The van der Waals surface area contributed by atoms with Crippen molar-refractivity contribution in [2.24, 2.45) is 0 Å². The van der Waals surface area contributed by atoms with Crippen molar-refractivity contribution < 1.29 is 14.4 Å². The molecule has 28 heavy (non-hydrogen) atoms. The molecule has 1 atom stereocenters. The Bertz CT molecular complexity index is 875. The van der Waals surface area contributed by atoms with Gasteiger partial charge >= 0.3 is 0 Å². The first-order valence-electron chi connectivity index (χ1n) is 9.17. The summed E-state index contributed by atoms with van der Waals surface area (Å²) >= 11 is 0. The van der Waals surface area contributed by atoms with E-state index in [1.807, 2.05) is 32.0 Å². The molecule has 2 aromatic rings. The van der Waals surface area contributed by atoms with Crippen LogP contribution >= 0.6 is 0 Å². The van der Waals surface area contributed by atoms with E-state index in [0.717, 1.165) is 16.8 Å². The summed E-state index contributed by atoms with van der Waals surface area (Å²) in [5.41, 5.74) is 4.11. The van der Waals surface area contributed by atoms with Gasteiger partial charge in [-0.3, -0.25) is 19.3 Å². The van der Waals surface area contributed by atoms with Gasteiger partial charge in [0, 0.05) is 16.9 Å². The topological polar surface area (TPSA) is 78.5 Å². The van der Waals surface area contributed by atoms with E-state index in [9.17, 15) is 14.4 Å². The quantitative estimate of drug-likeness (QED) is 0.721. The molecule has 0 radical (unpaired) electrons. The second kappa shape index (κ2) is 9.28. The lowest BCUT2D eigenvalue weighted by Crippen LogP contribution is -2.43. The number of likely N-dealkylation sites (N-methyl/N-ethyl adjacent to an activating group) is 1. The molecule has 0 saturated heterocycles. The van der Waals surface area contributed by atoms with Crippen LogP contribution in [0.15, 0.2) is 42.5 Å². The third-order valence-electron chi connectivity index (χ3n) is 4.87. The van der Waals surface area contributed by atoms with Crippen molar-refractivity contribution in [3.63, 3.8) is 0 Å². The average molecular weight is 381 g/mol. The van der Waals surface area contributed by atoms with Crippen molar-refractivity contribution in [2.75, 3.05) is 24.2 Å². The number of ketones is 1. The van der Waals surface area contributed by atoms with Crippen molar-refractivity contribution in [3.8, 4) is 0 Å². The number of rotatable bonds is 7. The molecule has 2 rings (SSSR count). The number of aryl methyl sites for hydroxylation is 1. The predicted octanol–water partition coefficient (Wildman–Crippen LogP) is 3.40. The molecule has 0 fully saturated rings. The van der Waals surface area contributed by atoms with Crippen molar-refractivity contribution in [3.05, 3.63) is 59.2 Å². The minimum absolute atomic E-state index is 0.0270. The van der Waals surface area contributed by atoms with E-state index in [1.165, 1.54) is 6.92 Å². The number of hydrogen-bond donors (Lipinski definition) is 2. The number of nitrogens with zero attached hydrogens (tertiary/aromatic N) is 1. The first-order valence-corrected chi connectivity index (χ1v) is 9.17. The van der Waals surface area contributed by atoms with E-state index in [1.54, 1.807) is 43.1 Å². The van der Waals surface area contributed by atoms with Crippen molar-refractivity contribution in [1.29, 1.82) is 0 Å². The Labute approximate surface area is 165 Å². The molecule has 0 bridgehead atoms. The lowest BCUT2D eigenvalue weighted by Gasteiger charge is -2.23. The Balaban J connectivity index is 1.92. The maximum absolute atomic E-state index is 12.5. The Morgan fingerprint density at radius 1 is 1.00 bits per heavy atom. The summed E-state index contributed by atoms with van der Waals surface area (Å²) in [6, 6.07) is 12.0. The SMILES string of the molecule is CC(=O)c1ccc(NC(=O)[C@@H](C)N(C)CC(=O)Nc2cccc(C)c2C)cc1. The highest BCUT2D eigenvalue weighted by atomic mass is 16.2. The summed E-state index contributed by atoms with van der Waals surface area (Å²) in [5, 5.41) is 5.70. The maximum Gasteiger partial charge on any atom is 0.241 e. The predicted molar refractivity (Wildman–Crippen MR) is 112 cm³/mol. The van der Waals surface area contributed by atoms with Gasteiger partial charge < -0.3 is 10.6 Å². The van der Waals surface area contributed by atoms with Gasteiger partial charge in [0.25, 0.3) is 0 Å². The van der Waals surface area contributed by atoms with E-state index in [-0.39, 0.29) is 24.1 Å². The molecule has 0 spiro atoms. The molecule has 0 unspecified atom stereocenters. The normalized spacial score (nSPS) is 11.8. The smallest absolute Gasteiger partial charge is 0.241 e. The number of carbonyl (C=O) groups excluding carboxylic acids is 3. The second-order valence-corrected chi connectivity index (χ2v) is 7.01. The highest BCUT2D eigenvalue weighted by molar-refractivity contribution is 5.98. The number of benzene rings is 2. The molecule has 0 saturated carbocycles. The van der Waals surface area contributed by atoms with Crippen molar-refractivity contribution in [1.82, 2.24) is 4.90 Å². The van der Waals surface area contributed by atoms with Gasteiger partial charge in [-0.15, -0.1) is 0 Å². The molecule has 148 valence electrons. The van der Waals surface area contributed by atoms with Gasteiger partial charge in [0.1, 0.15) is 0 Å². The summed E-state index contributed by atoms with van der Waals surface area (Å²) in [6.07, 6.45) is 0. The van der Waals surface area contributed by atoms with Gasteiger partial charge in [-0.2, -0.15) is 0 Å². The lowest BCUT2D eigenvalue weighted by atomic mass is 10.1. The molecule has 2 N–H and O–H groups in total. The summed E-state index contributed by atoms with van der Waals surface area (Å²) in [6.45, 7) is 7.28. The number of hydrogen-bond acceptors (Lipinski definition) is 4. The molecular weight excluding hydrogens is 354 g/mol. The fourth-order valence-electron chi connectivity index (χ4n) is 2.67. The molecule has 0 aliphatic rings. The van der Waals surface area contributed by atoms with E-state index >= 15 is 0 Å². The Hall–Kier alpha value is -2.99. The Kier molecular flexibility index (Phi) is 7.06. The number of carbonyl (C=O) groups is 3. The van der Waals surface area contributed by atoms with Crippen LogP contribution in [0.3, 0.4) is 0 Å². The number of nitrogens with one attached hydrogen (secondary N) is 2. The second-order valence-electron chi connectivity index (χ2n) is 7.01. The van der Waals surface area contributed by atoms with Crippen molar-refractivity contribution in [2.45, 2.75) is 33.7 Å². The van der Waals surface area contributed by atoms with Crippen LogP contribution in [0.2, 0.25) is 0 Å². The highest BCUT2D eigenvalue weighted by Crippen LogP contribution is 2.18. The first kappa shape index (κ1) is 21.3. The standard InChI is InChI=1S/C22H27N3O3/c1-14-7-6-8-20(15(14)2)24-21(27)13-25(5)16(3)22(28)23-19-11-9-18(10-12-19)17(4)26/h6-12,16H,13H2,1-5H3,(H,23,28)(H,24,27)/t16-/m1/s1. The number of amides is 2. The highest BCUT2D eigenvalue weighted by Gasteiger charge is 2.20. The molecule has 2 amide bonds. The van der Waals surface area contributed by atoms with Crippen LogP contribution in [0.1, 0.15) is 35.3 Å². The summed E-state index contributed by atoms with van der Waals surface area (Å²) in [4.78, 5) is 37.8. The van der Waals surface area contributed by atoms with Crippen LogP contribution in [0.4, 0.5) is 11.4 Å². The maximum atomic E-state index is 12.5. The summed E-state index contributed by atoms with van der Waals surface area (Å²) < 4.78 is 0. The van der Waals surface area contributed by atoms with Gasteiger partial charge in [0.15, 0.2) is 5.78 Å². The van der Waals surface area contributed by atoms with Crippen LogP contribution in [-0.4, -0.2) is 42.1 Å². The molecule has 0 aliphatic heterocycles. The van der Waals surface area contributed by atoms with Crippen molar-refractivity contribution >= 4 is 29.0 Å². The molecule has 0 heterocycles. The minimum atomic E-state index is -0.503. The van der Waals surface area contributed by atoms with Gasteiger partial charge in [-0.1, -0.05) is 12.1 Å². The molecule has 6 nitrogen and oxygen atoms in total. The van der Waals surface area contributed by atoms with Crippen LogP contribution in [0.25, 0.3) is 0 Å². The Morgan fingerprint density at radius 3 is 2.25 bits per heavy atom. The zero-order valence-electron chi connectivity index (χ0n) is 17.0. The molecule has 6 heteroatoms. The van der Waals surface area contributed by atoms with E-state index in [4.69, 9.17) is 0 Å². The largest absolute Gasteiger partial charge is 0.325 e. The van der Waals surface area contributed by atoms with Gasteiger partial charge in [-0.25, -0.2) is 0 Å². The van der Waals surface area contributed by atoms with Gasteiger partial charge in [0.05, 0.1) is 12.6 Å². The Morgan fingerprint density at radius 2 is 1.64 bits per heavy atom. The van der Waals surface area contributed by atoms with E-state index < -0.39 is 6.04 Å². The summed E-state index contributed by atoms with van der Waals surface area (Å²) in [7, 11) is 1.73. The third-order valence-corrected chi connectivity index (χ3v) is 4.87. The van der Waals surface area contributed by atoms with E-state index in [0.29, 0.717) is 11.3 Å². The number of anilines is 2. The fraction of sp³-hybridized carbons (Fsp3) is 0.318. The average Bonchev–Trinajstić information content (AvgIpc) is 2.65. The van der Waals surface area contributed by atoms with Crippen LogP contribution in [-0.2, 0) is 9.59 Å². The first-order chi connectivity index (χ1) is 13.2. The number of Topliss-reactive ketones (excluding diaryl/α,β-unsaturated/α-hetero) is 1. The fourth-order valence-corrected chi connectivity index (χ4v) is 2.67. The molecule has 0 aromatic heterocycles. The molecular formula is C22H27N3O3. The van der Waals surface area contributed by atoms with E-state index in [2.05, 4.69) is 10.6 Å². The lowest BCUT2D eigenvalue weighted by molar-refractivity contribution is -0.122. The van der Waals surface area contributed by atoms with Crippen LogP contribution in [0, 0.1) is 13.8 Å². The monoisotopic (exact) mass is 381 g/mol. The summed E-state index contributed by atoms with van der Waals surface area (Å²) in [5.74, 6) is -0.430. The zero-order valence-corrected chi connectivity index (χ0v) is 17.0. The zero-order chi connectivity index (χ0) is 20.8. The molecule has 0 aliphatic carbocycles. The van der Waals surface area contributed by atoms with Gasteiger partial charge in [-0.05, 0) is 76.2 Å². The third kappa shape index (κ3) is 5.50. The van der Waals surface area contributed by atoms with Gasteiger partial charge in [0.2, 0.25) is 11.8 Å². The molecule has 2 aromatic carbocycles. The minimum Gasteiger partial charge on any atom is -0.325 e. The van der Waals surface area contributed by atoms with Crippen LogP contribution < -0.4 is 10.6 Å². The van der Waals surface area contributed by atoms with Crippen LogP contribution in [0.5, 0.6) is 0 Å².